The third-order valence-corrected chi connectivity index (χ3v) is 7.21. The molecule has 1 aromatic carbocycles. The zero-order valence-electron chi connectivity index (χ0n) is 18.1. The second-order valence-corrected chi connectivity index (χ2v) is 9.48. The van der Waals surface area contributed by atoms with Crippen LogP contribution in [-0.4, -0.2) is 65.8 Å². The van der Waals surface area contributed by atoms with Gasteiger partial charge >= 0.3 is 0 Å². The van der Waals surface area contributed by atoms with Crippen LogP contribution in [0.4, 0.5) is 5.82 Å². The van der Waals surface area contributed by atoms with Gasteiger partial charge in [-0.15, -0.1) is 0 Å². The Labute approximate surface area is 182 Å². The van der Waals surface area contributed by atoms with Crippen LogP contribution in [0.25, 0.3) is 5.82 Å². The SMILES string of the molecule is COc1ccc(S(=O)(=O)N2CCN(c3cc(-n4nc(C)cc4C)nc(C)n3)CC2)cc1. The molecule has 0 amide bonds. The maximum Gasteiger partial charge on any atom is 0.243 e. The fraction of sp³-hybridized carbons (Fsp3) is 0.381. The summed E-state index contributed by atoms with van der Waals surface area (Å²) in [6, 6.07) is 10.4. The molecule has 0 N–H and O–H groups in total. The van der Waals surface area contributed by atoms with Crippen molar-refractivity contribution in [3.05, 3.63) is 53.6 Å². The minimum absolute atomic E-state index is 0.270. The summed E-state index contributed by atoms with van der Waals surface area (Å²) in [6.07, 6.45) is 0. The number of rotatable bonds is 5. The first-order chi connectivity index (χ1) is 14.8. The predicted octanol–water partition coefficient (Wildman–Crippen LogP) is 2.11. The molecule has 0 aliphatic carbocycles. The molecule has 3 aromatic rings. The number of anilines is 1. The van der Waals surface area contributed by atoms with Gasteiger partial charge in [-0.1, -0.05) is 0 Å². The molecule has 4 rings (SSSR count). The van der Waals surface area contributed by atoms with Gasteiger partial charge in [0.1, 0.15) is 17.4 Å². The maximum atomic E-state index is 13.0. The van der Waals surface area contributed by atoms with Crippen LogP contribution in [0.1, 0.15) is 17.2 Å². The number of ether oxygens (including phenoxy) is 1. The zero-order valence-corrected chi connectivity index (χ0v) is 18.9. The monoisotopic (exact) mass is 442 g/mol. The molecular weight excluding hydrogens is 416 g/mol. The third-order valence-electron chi connectivity index (χ3n) is 5.30. The van der Waals surface area contributed by atoms with Gasteiger partial charge in [-0.2, -0.15) is 9.40 Å². The lowest BCUT2D eigenvalue weighted by Crippen LogP contribution is -2.49. The first-order valence-electron chi connectivity index (χ1n) is 10.1. The van der Waals surface area contributed by atoms with Crippen molar-refractivity contribution in [1.29, 1.82) is 0 Å². The van der Waals surface area contributed by atoms with Crippen molar-refractivity contribution in [2.75, 3.05) is 38.2 Å². The molecule has 1 aliphatic heterocycles. The fourth-order valence-electron chi connectivity index (χ4n) is 3.72. The number of sulfonamides is 1. The van der Waals surface area contributed by atoms with Gasteiger partial charge < -0.3 is 9.64 Å². The summed E-state index contributed by atoms with van der Waals surface area (Å²) >= 11 is 0. The molecule has 1 fully saturated rings. The Morgan fingerprint density at radius 1 is 0.903 bits per heavy atom. The average molecular weight is 443 g/mol. The molecule has 2 aromatic heterocycles. The molecule has 31 heavy (non-hydrogen) atoms. The third kappa shape index (κ3) is 4.26. The van der Waals surface area contributed by atoms with E-state index < -0.39 is 10.0 Å². The highest BCUT2D eigenvalue weighted by Crippen LogP contribution is 2.23. The lowest BCUT2D eigenvalue weighted by molar-refractivity contribution is 0.383. The minimum atomic E-state index is -3.55. The van der Waals surface area contributed by atoms with Crippen LogP contribution in [0.3, 0.4) is 0 Å². The summed E-state index contributed by atoms with van der Waals surface area (Å²) < 4.78 is 34.4. The number of piperazine rings is 1. The first-order valence-corrected chi connectivity index (χ1v) is 11.5. The number of methoxy groups -OCH3 is 1. The molecule has 1 saturated heterocycles. The van der Waals surface area contributed by atoms with E-state index >= 15 is 0 Å². The van der Waals surface area contributed by atoms with E-state index in [-0.39, 0.29) is 4.90 Å². The van der Waals surface area contributed by atoms with E-state index in [2.05, 4.69) is 20.0 Å². The second kappa shape index (κ2) is 8.27. The van der Waals surface area contributed by atoms with Crippen LogP contribution in [0.2, 0.25) is 0 Å². The predicted molar refractivity (Wildman–Crippen MR) is 117 cm³/mol. The van der Waals surface area contributed by atoms with Crippen molar-refractivity contribution in [3.63, 3.8) is 0 Å². The Hall–Kier alpha value is -2.98. The Morgan fingerprint density at radius 2 is 1.55 bits per heavy atom. The van der Waals surface area contributed by atoms with Gasteiger partial charge in [0, 0.05) is 37.9 Å². The number of hydrogen-bond donors (Lipinski definition) is 0. The Balaban J connectivity index is 1.51. The number of hydrogen-bond acceptors (Lipinski definition) is 7. The average Bonchev–Trinajstić information content (AvgIpc) is 3.11. The van der Waals surface area contributed by atoms with Crippen LogP contribution in [0.5, 0.6) is 5.75 Å². The van der Waals surface area contributed by atoms with Crippen LogP contribution < -0.4 is 9.64 Å². The van der Waals surface area contributed by atoms with Gasteiger partial charge in [-0.25, -0.2) is 23.1 Å². The van der Waals surface area contributed by atoms with Crippen LogP contribution in [0.15, 0.2) is 41.3 Å². The van der Waals surface area contributed by atoms with Crippen molar-refractivity contribution in [1.82, 2.24) is 24.1 Å². The topological polar surface area (TPSA) is 93.5 Å². The lowest BCUT2D eigenvalue weighted by Gasteiger charge is -2.34. The number of aromatic nitrogens is 4. The van der Waals surface area contributed by atoms with Crippen molar-refractivity contribution in [3.8, 4) is 11.6 Å². The largest absolute Gasteiger partial charge is 0.497 e. The molecule has 0 unspecified atom stereocenters. The normalized spacial score (nSPS) is 15.3. The summed E-state index contributed by atoms with van der Waals surface area (Å²) in [7, 11) is -2.00. The van der Waals surface area contributed by atoms with Gasteiger partial charge in [0.15, 0.2) is 5.82 Å². The van der Waals surface area contributed by atoms with E-state index in [0.29, 0.717) is 43.6 Å². The Bertz CT molecular complexity index is 1180. The van der Waals surface area contributed by atoms with E-state index in [1.165, 1.54) is 4.31 Å². The van der Waals surface area contributed by atoms with E-state index in [0.717, 1.165) is 17.2 Å². The van der Waals surface area contributed by atoms with E-state index in [1.54, 1.807) is 36.1 Å². The van der Waals surface area contributed by atoms with Gasteiger partial charge in [0.05, 0.1) is 17.7 Å². The standard InChI is InChI=1S/C21H26N6O3S/c1-15-13-16(2)27(24-15)21-14-20(22-17(3)23-21)25-9-11-26(12-10-25)31(28,29)19-7-5-18(30-4)6-8-19/h5-8,13-14H,9-12H2,1-4H3. The van der Waals surface area contributed by atoms with E-state index in [9.17, 15) is 8.42 Å². The smallest absolute Gasteiger partial charge is 0.243 e. The summed E-state index contributed by atoms with van der Waals surface area (Å²) in [5.41, 5.74) is 1.92. The van der Waals surface area contributed by atoms with Crippen LogP contribution in [-0.2, 0) is 10.0 Å². The summed E-state index contributed by atoms with van der Waals surface area (Å²) in [5, 5.41) is 4.51. The summed E-state index contributed by atoms with van der Waals surface area (Å²) in [4.78, 5) is 11.5. The molecule has 0 radical (unpaired) electrons. The van der Waals surface area contributed by atoms with Gasteiger partial charge in [0.25, 0.3) is 0 Å². The Morgan fingerprint density at radius 3 is 2.13 bits per heavy atom. The van der Waals surface area contributed by atoms with Gasteiger partial charge in [-0.3, -0.25) is 0 Å². The molecule has 3 heterocycles. The second-order valence-electron chi connectivity index (χ2n) is 7.54. The zero-order chi connectivity index (χ0) is 22.2. The minimum Gasteiger partial charge on any atom is -0.497 e. The highest BCUT2D eigenvalue weighted by atomic mass is 32.2. The number of aryl methyl sites for hydroxylation is 3. The van der Waals surface area contributed by atoms with Crippen LogP contribution >= 0.6 is 0 Å². The number of nitrogens with zero attached hydrogens (tertiary/aromatic N) is 6. The molecule has 10 heteroatoms. The fourth-order valence-corrected chi connectivity index (χ4v) is 5.14. The van der Waals surface area contributed by atoms with Gasteiger partial charge in [0.2, 0.25) is 10.0 Å². The highest BCUT2D eigenvalue weighted by molar-refractivity contribution is 7.89. The highest BCUT2D eigenvalue weighted by Gasteiger charge is 2.29. The molecular formula is C21H26N6O3S. The quantitative estimate of drug-likeness (QED) is 0.597. The summed E-state index contributed by atoms with van der Waals surface area (Å²) in [5.74, 6) is 2.76. The molecule has 164 valence electrons. The molecule has 0 saturated carbocycles. The molecule has 1 aliphatic rings. The van der Waals surface area contributed by atoms with Crippen molar-refractivity contribution in [2.45, 2.75) is 25.7 Å². The van der Waals surface area contributed by atoms with Crippen molar-refractivity contribution in [2.24, 2.45) is 0 Å². The summed E-state index contributed by atoms with van der Waals surface area (Å²) in [6.45, 7) is 7.63. The molecule has 0 atom stereocenters. The van der Waals surface area contributed by atoms with E-state index in [4.69, 9.17) is 4.74 Å². The Kier molecular flexibility index (Phi) is 5.67. The lowest BCUT2D eigenvalue weighted by atomic mass is 10.3. The first kappa shape index (κ1) is 21.3. The maximum absolute atomic E-state index is 13.0. The molecule has 0 bridgehead atoms. The molecule has 9 nitrogen and oxygen atoms in total. The van der Waals surface area contributed by atoms with Crippen molar-refractivity contribution < 1.29 is 13.2 Å². The van der Waals surface area contributed by atoms with Crippen molar-refractivity contribution >= 4 is 15.8 Å². The number of benzene rings is 1. The molecule has 0 spiro atoms. The van der Waals surface area contributed by atoms with E-state index in [1.807, 2.05) is 32.9 Å². The van der Waals surface area contributed by atoms with Crippen LogP contribution in [0, 0.1) is 20.8 Å². The van der Waals surface area contributed by atoms with Gasteiger partial charge in [-0.05, 0) is 51.1 Å².